The Labute approximate surface area is 107 Å². The molecular formula is C12H14F5NO. The third kappa shape index (κ3) is 3.03. The molecule has 0 amide bonds. The van der Waals surface area contributed by atoms with Gasteiger partial charge in [0.15, 0.2) is 23.3 Å². The van der Waals surface area contributed by atoms with Crippen LogP contribution in [0, 0.1) is 35.0 Å². The maximum atomic E-state index is 13.5. The predicted molar refractivity (Wildman–Crippen MR) is 58.8 cm³/mol. The van der Waals surface area contributed by atoms with Gasteiger partial charge in [0, 0.05) is 25.3 Å². The van der Waals surface area contributed by atoms with Gasteiger partial charge in [-0.25, -0.2) is 22.0 Å². The van der Waals surface area contributed by atoms with Crippen LogP contribution < -0.4 is 5.73 Å². The van der Waals surface area contributed by atoms with Crippen molar-refractivity contribution < 1.29 is 26.7 Å². The highest BCUT2D eigenvalue weighted by atomic mass is 19.2. The normalized spacial score (nSPS) is 14.5. The summed E-state index contributed by atoms with van der Waals surface area (Å²) in [4.78, 5) is 0. The summed E-state index contributed by atoms with van der Waals surface area (Å²) in [5.74, 6) is -10.4. The largest absolute Gasteiger partial charge is 0.385 e. The SMILES string of the molecule is COCCC(C)C(N)c1c(F)c(F)c(F)c(F)c1F. The molecule has 2 nitrogen and oxygen atoms in total. The quantitative estimate of drug-likeness (QED) is 0.512. The van der Waals surface area contributed by atoms with Crippen molar-refractivity contribution in [1.82, 2.24) is 0 Å². The van der Waals surface area contributed by atoms with Gasteiger partial charge in [0.2, 0.25) is 5.82 Å². The molecular weight excluding hydrogens is 269 g/mol. The molecule has 0 aliphatic rings. The minimum absolute atomic E-state index is 0.268. The van der Waals surface area contributed by atoms with Crippen LogP contribution in [0.2, 0.25) is 0 Å². The third-order valence-electron chi connectivity index (χ3n) is 2.97. The van der Waals surface area contributed by atoms with Crippen molar-refractivity contribution in [1.29, 1.82) is 0 Å². The van der Waals surface area contributed by atoms with E-state index in [1.165, 1.54) is 7.11 Å². The smallest absolute Gasteiger partial charge is 0.200 e. The van der Waals surface area contributed by atoms with Crippen LogP contribution in [-0.4, -0.2) is 13.7 Å². The molecule has 0 spiro atoms. The summed E-state index contributed by atoms with van der Waals surface area (Å²) in [7, 11) is 1.43. The fourth-order valence-electron chi connectivity index (χ4n) is 1.68. The lowest BCUT2D eigenvalue weighted by atomic mass is 9.92. The van der Waals surface area contributed by atoms with Gasteiger partial charge in [0.05, 0.1) is 0 Å². The van der Waals surface area contributed by atoms with Crippen LogP contribution in [0.4, 0.5) is 22.0 Å². The zero-order valence-electron chi connectivity index (χ0n) is 10.4. The fraction of sp³-hybridized carbons (Fsp3) is 0.500. The number of halogens is 5. The van der Waals surface area contributed by atoms with Gasteiger partial charge in [0.25, 0.3) is 0 Å². The van der Waals surface area contributed by atoms with Crippen molar-refractivity contribution in [2.24, 2.45) is 11.7 Å². The number of methoxy groups -OCH3 is 1. The van der Waals surface area contributed by atoms with E-state index in [9.17, 15) is 22.0 Å². The van der Waals surface area contributed by atoms with Crippen molar-refractivity contribution in [2.75, 3.05) is 13.7 Å². The number of ether oxygens (including phenoxy) is 1. The van der Waals surface area contributed by atoms with Crippen LogP contribution in [0.5, 0.6) is 0 Å². The van der Waals surface area contributed by atoms with Crippen LogP contribution >= 0.6 is 0 Å². The first-order valence-corrected chi connectivity index (χ1v) is 5.58. The first-order chi connectivity index (χ1) is 8.82. The molecule has 2 atom stereocenters. The Balaban J connectivity index is 3.20. The van der Waals surface area contributed by atoms with Crippen LogP contribution in [0.1, 0.15) is 24.9 Å². The van der Waals surface area contributed by atoms with Crippen molar-refractivity contribution in [3.8, 4) is 0 Å². The fourth-order valence-corrected chi connectivity index (χ4v) is 1.68. The Hall–Kier alpha value is -1.21. The molecule has 7 heteroatoms. The van der Waals surface area contributed by atoms with Crippen LogP contribution in [-0.2, 0) is 4.74 Å². The Morgan fingerprint density at radius 3 is 1.79 bits per heavy atom. The summed E-state index contributed by atoms with van der Waals surface area (Å²) in [5.41, 5.74) is 4.59. The second-order valence-electron chi connectivity index (χ2n) is 4.27. The molecule has 0 saturated carbocycles. The number of hydrogen-bond donors (Lipinski definition) is 1. The van der Waals surface area contributed by atoms with E-state index in [1.807, 2.05) is 0 Å². The molecule has 1 aromatic carbocycles. The van der Waals surface area contributed by atoms with Gasteiger partial charge in [-0.2, -0.15) is 0 Å². The van der Waals surface area contributed by atoms with Gasteiger partial charge >= 0.3 is 0 Å². The van der Waals surface area contributed by atoms with Gasteiger partial charge < -0.3 is 10.5 Å². The second kappa shape index (κ2) is 6.29. The van der Waals surface area contributed by atoms with Gasteiger partial charge in [-0.15, -0.1) is 0 Å². The molecule has 2 unspecified atom stereocenters. The Morgan fingerprint density at radius 1 is 0.947 bits per heavy atom. The Morgan fingerprint density at radius 2 is 1.37 bits per heavy atom. The summed E-state index contributed by atoms with van der Waals surface area (Å²) < 4.78 is 70.7. The highest BCUT2D eigenvalue weighted by molar-refractivity contribution is 5.27. The Bertz CT molecular complexity index is 437. The van der Waals surface area contributed by atoms with E-state index in [0.29, 0.717) is 6.42 Å². The molecule has 0 fully saturated rings. The van der Waals surface area contributed by atoms with E-state index >= 15 is 0 Å². The minimum atomic E-state index is -2.18. The van der Waals surface area contributed by atoms with Crippen LogP contribution in [0.15, 0.2) is 0 Å². The van der Waals surface area contributed by atoms with Crippen molar-refractivity contribution in [2.45, 2.75) is 19.4 Å². The van der Waals surface area contributed by atoms with E-state index in [2.05, 4.69) is 0 Å². The first kappa shape index (κ1) is 15.8. The minimum Gasteiger partial charge on any atom is -0.385 e. The van der Waals surface area contributed by atoms with E-state index in [0.717, 1.165) is 0 Å². The maximum absolute atomic E-state index is 13.5. The Kier molecular flexibility index (Phi) is 5.25. The van der Waals surface area contributed by atoms with Crippen LogP contribution in [0.25, 0.3) is 0 Å². The van der Waals surface area contributed by atoms with Gasteiger partial charge in [-0.3, -0.25) is 0 Å². The zero-order valence-corrected chi connectivity index (χ0v) is 10.4. The molecule has 0 heterocycles. The molecule has 0 aliphatic carbocycles. The molecule has 1 rings (SSSR count). The van der Waals surface area contributed by atoms with E-state index in [1.54, 1.807) is 6.92 Å². The molecule has 0 radical (unpaired) electrons. The lowest BCUT2D eigenvalue weighted by Gasteiger charge is -2.21. The van der Waals surface area contributed by atoms with Gasteiger partial charge in [-0.05, 0) is 12.3 Å². The molecule has 0 aliphatic heterocycles. The predicted octanol–water partition coefficient (Wildman–Crippen LogP) is 3.05. The molecule has 108 valence electrons. The van der Waals surface area contributed by atoms with Crippen LogP contribution in [0.3, 0.4) is 0 Å². The summed E-state index contributed by atoms with van der Waals surface area (Å²) >= 11 is 0. The molecule has 0 saturated heterocycles. The van der Waals surface area contributed by atoms with E-state index < -0.39 is 46.6 Å². The zero-order chi connectivity index (χ0) is 14.7. The summed E-state index contributed by atoms with van der Waals surface area (Å²) in [6.45, 7) is 1.81. The summed E-state index contributed by atoms with van der Waals surface area (Å²) in [6.07, 6.45) is 0.331. The average Bonchev–Trinajstić information content (AvgIpc) is 2.40. The number of nitrogens with two attached hydrogens (primary N) is 1. The van der Waals surface area contributed by atoms with E-state index in [-0.39, 0.29) is 6.61 Å². The molecule has 1 aromatic rings. The second-order valence-corrected chi connectivity index (χ2v) is 4.27. The monoisotopic (exact) mass is 283 g/mol. The van der Waals surface area contributed by atoms with E-state index in [4.69, 9.17) is 10.5 Å². The standard InChI is InChI=1S/C12H14F5NO/c1-5(3-4-19-2)12(18)6-7(13)9(15)11(17)10(16)8(6)14/h5,12H,3-4,18H2,1-2H3. The maximum Gasteiger partial charge on any atom is 0.200 e. The van der Waals surface area contributed by atoms with Crippen molar-refractivity contribution >= 4 is 0 Å². The van der Waals surface area contributed by atoms with Crippen molar-refractivity contribution in [3.63, 3.8) is 0 Å². The highest BCUT2D eigenvalue weighted by Gasteiger charge is 2.30. The lowest BCUT2D eigenvalue weighted by molar-refractivity contribution is 0.173. The molecule has 2 N–H and O–H groups in total. The van der Waals surface area contributed by atoms with Crippen molar-refractivity contribution in [3.05, 3.63) is 34.6 Å². The highest BCUT2D eigenvalue weighted by Crippen LogP contribution is 2.31. The van der Waals surface area contributed by atoms with Gasteiger partial charge in [0.1, 0.15) is 0 Å². The summed E-state index contributed by atoms with van der Waals surface area (Å²) in [6, 6.07) is -1.31. The number of hydrogen-bond acceptors (Lipinski definition) is 2. The molecule has 0 aromatic heterocycles. The average molecular weight is 283 g/mol. The molecule has 19 heavy (non-hydrogen) atoms. The van der Waals surface area contributed by atoms with Gasteiger partial charge in [-0.1, -0.05) is 6.92 Å². The first-order valence-electron chi connectivity index (χ1n) is 5.58. The summed E-state index contributed by atoms with van der Waals surface area (Å²) in [5, 5.41) is 0. The molecule has 0 bridgehead atoms. The number of benzene rings is 1. The topological polar surface area (TPSA) is 35.2 Å². The lowest BCUT2D eigenvalue weighted by Crippen LogP contribution is -2.24. The third-order valence-corrected chi connectivity index (χ3v) is 2.97. The number of rotatable bonds is 5.